The summed E-state index contributed by atoms with van der Waals surface area (Å²) in [6, 6.07) is 1.16. The molecule has 7 heteroatoms. The fourth-order valence-electron chi connectivity index (χ4n) is 1.88. The van der Waals surface area contributed by atoms with Crippen LogP contribution in [0.5, 0.6) is 0 Å². The van der Waals surface area contributed by atoms with Crippen LogP contribution >= 0.6 is 22.9 Å². The van der Waals surface area contributed by atoms with Crippen LogP contribution < -0.4 is 5.84 Å². The van der Waals surface area contributed by atoms with Crippen LogP contribution in [-0.4, -0.2) is 34.9 Å². The molecule has 0 radical (unpaired) electrons. The fraction of sp³-hybridized carbons (Fsp3) is 0.455. The first-order valence-corrected chi connectivity index (χ1v) is 6.98. The minimum atomic E-state index is -0.550. The number of carbonyl (C=O) groups excluding carboxylic acids is 2. The smallest absolute Gasteiger partial charge is 0.323 e. The van der Waals surface area contributed by atoms with Gasteiger partial charge in [-0.15, -0.1) is 11.3 Å². The van der Waals surface area contributed by atoms with Gasteiger partial charge in [0.2, 0.25) is 0 Å². The number of thiophene rings is 1. The molecule has 3 amide bonds. The highest BCUT2D eigenvalue weighted by molar-refractivity contribution is 7.12. The van der Waals surface area contributed by atoms with Crippen molar-refractivity contribution in [1.29, 1.82) is 0 Å². The van der Waals surface area contributed by atoms with Gasteiger partial charge in [0.25, 0.3) is 5.91 Å². The van der Waals surface area contributed by atoms with Crippen molar-refractivity contribution in [2.24, 2.45) is 5.84 Å². The van der Waals surface area contributed by atoms with Gasteiger partial charge in [0.05, 0.1) is 5.02 Å². The summed E-state index contributed by atoms with van der Waals surface area (Å²) in [5.74, 6) is 5.04. The molecule has 1 aromatic rings. The standard InChI is InChI=1S/C11H14ClN3O2S/c12-8-4-7-18-9(8)10(16)15(13)11(17)14-5-2-1-3-6-14/h4,7H,1-3,5-6,13H2. The van der Waals surface area contributed by atoms with Crippen LogP contribution in [0.3, 0.4) is 0 Å². The first-order chi connectivity index (χ1) is 8.61. The molecule has 0 atom stereocenters. The Hall–Kier alpha value is -1.11. The zero-order valence-electron chi connectivity index (χ0n) is 9.76. The molecule has 1 aromatic heterocycles. The first-order valence-electron chi connectivity index (χ1n) is 5.72. The number of amides is 3. The number of hydrogen-bond donors (Lipinski definition) is 1. The van der Waals surface area contributed by atoms with Gasteiger partial charge >= 0.3 is 6.03 Å². The predicted molar refractivity (Wildman–Crippen MR) is 70.5 cm³/mol. The van der Waals surface area contributed by atoms with E-state index in [1.165, 1.54) is 11.3 Å². The monoisotopic (exact) mass is 287 g/mol. The van der Waals surface area contributed by atoms with E-state index in [-0.39, 0.29) is 0 Å². The number of nitrogens with zero attached hydrogens (tertiary/aromatic N) is 2. The number of carbonyl (C=O) groups is 2. The van der Waals surface area contributed by atoms with Gasteiger partial charge in [-0.05, 0) is 30.7 Å². The maximum absolute atomic E-state index is 12.0. The van der Waals surface area contributed by atoms with E-state index < -0.39 is 11.9 Å². The molecule has 98 valence electrons. The highest BCUT2D eigenvalue weighted by Crippen LogP contribution is 2.23. The van der Waals surface area contributed by atoms with Crippen LogP contribution in [0, 0.1) is 0 Å². The van der Waals surface area contributed by atoms with Gasteiger partial charge in [-0.2, -0.15) is 5.01 Å². The molecule has 1 fully saturated rings. The minimum absolute atomic E-state index is 0.296. The molecule has 0 bridgehead atoms. The summed E-state index contributed by atoms with van der Waals surface area (Å²) in [5.41, 5.74) is 0. The van der Waals surface area contributed by atoms with Gasteiger partial charge < -0.3 is 4.90 Å². The SMILES string of the molecule is NN(C(=O)c1sccc1Cl)C(=O)N1CCCCC1. The Bertz CT molecular complexity index is 457. The quantitative estimate of drug-likeness (QED) is 0.490. The Morgan fingerprint density at radius 1 is 1.33 bits per heavy atom. The second-order valence-electron chi connectivity index (χ2n) is 4.10. The van der Waals surface area contributed by atoms with Crippen LogP contribution in [0.25, 0.3) is 0 Å². The van der Waals surface area contributed by atoms with Gasteiger partial charge in [-0.1, -0.05) is 11.6 Å². The van der Waals surface area contributed by atoms with E-state index in [0.717, 1.165) is 19.3 Å². The molecule has 0 unspecified atom stereocenters. The maximum atomic E-state index is 12.0. The van der Waals surface area contributed by atoms with Gasteiger partial charge in [-0.25, -0.2) is 10.6 Å². The van der Waals surface area contributed by atoms with E-state index in [1.807, 2.05) is 0 Å². The van der Waals surface area contributed by atoms with E-state index in [9.17, 15) is 9.59 Å². The van der Waals surface area contributed by atoms with Crippen LogP contribution in [0.4, 0.5) is 4.79 Å². The lowest BCUT2D eigenvalue weighted by molar-refractivity contribution is 0.0753. The van der Waals surface area contributed by atoms with Crippen molar-refractivity contribution in [3.05, 3.63) is 21.3 Å². The Balaban J connectivity index is 2.06. The maximum Gasteiger partial charge on any atom is 0.341 e. The summed E-state index contributed by atoms with van der Waals surface area (Å²) in [7, 11) is 0. The van der Waals surface area contributed by atoms with E-state index in [4.69, 9.17) is 17.4 Å². The summed E-state index contributed by atoms with van der Waals surface area (Å²) in [6.45, 7) is 1.30. The number of hydrazine groups is 1. The average Bonchev–Trinajstić information content (AvgIpc) is 2.83. The molecular weight excluding hydrogens is 274 g/mol. The molecular formula is C11H14ClN3O2S. The third kappa shape index (κ3) is 2.66. The largest absolute Gasteiger partial charge is 0.341 e. The molecule has 0 aromatic carbocycles. The van der Waals surface area contributed by atoms with Crippen molar-refractivity contribution in [2.75, 3.05) is 13.1 Å². The molecule has 0 aliphatic carbocycles. The fourth-order valence-corrected chi connectivity index (χ4v) is 2.95. The molecule has 2 N–H and O–H groups in total. The molecule has 2 rings (SSSR count). The van der Waals surface area contributed by atoms with Gasteiger partial charge in [0.15, 0.2) is 0 Å². The second-order valence-corrected chi connectivity index (χ2v) is 5.43. The number of piperidine rings is 1. The van der Waals surface area contributed by atoms with Crippen LogP contribution in [-0.2, 0) is 0 Å². The summed E-state index contributed by atoms with van der Waals surface area (Å²) >= 11 is 7.03. The van der Waals surface area contributed by atoms with Gasteiger partial charge in [0, 0.05) is 13.1 Å². The first kappa shape index (κ1) is 13.3. The minimum Gasteiger partial charge on any atom is -0.323 e. The number of halogens is 1. The molecule has 1 saturated heterocycles. The third-order valence-corrected chi connectivity index (χ3v) is 4.19. The Morgan fingerprint density at radius 2 is 2.00 bits per heavy atom. The molecule has 0 saturated carbocycles. The molecule has 1 aliphatic rings. The number of nitrogens with two attached hydrogens (primary N) is 1. The van der Waals surface area contributed by atoms with Crippen LogP contribution in [0.1, 0.15) is 28.9 Å². The topological polar surface area (TPSA) is 66.6 Å². The Labute approximate surface area is 114 Å². The van der Waals surface area contributed by atoms with E-state index in [0.29, 0.717) is 28.0 Å². The van der Waals surface area contributed by atoms with Crippen molar-refractivity contribution in [3.8, 4) is 0 Å². The Kier molecular flexibility index (Phi) is 4.21. The molecule has 5 nitrogen and oxygen atoms in total. The van der Waals surface area contributed by atoms with Gasteiger partial charge in [-0.3, -0.25) is 4.79 Å². The number of hydrogen-bond acceptors (Lipinski definition) is 4. The summed E-state index contributed by atoms with van der Waals surface area (Å²) in [6.07, 6.45) is 3.01. The number of imide groups is 1. The second kappa shape index (κ2) is 5.69. The van der Waals surface area contributed by atoms with E-state index >= 15 is 0 Å². The predicted octanol–water partition coefficient (Wildman–Crippen LogP) is 2.32. The summed E-state index contributed by atoms with van der Waals surface area (Å²) in [4.78, 5) is 25.9. The molecule has 2 heterocycles. The van der Waals surface area contributed by atoms with Crippen molar-refractivity contribution in [1.82, 2.24) is 9.91 Å². The zero-order valence-corrected chi connectivity index (χ0v) is 11.3. The lowest BCUT2D eigenvalue weighted by Crippen LogP contribution is -2.51. The van der Waals surface area contributed by atoms with Crippen LogP contribution in [0.2, 0.25) is 5.02 Å². The molecule has 0 spiro atoms. The summed E-state index contributed by atoms with van der Waals surface area (Å²) in [5, 5.41) is 2.67. The zero-order chi connectivity index (χ0) is 13.1. The third-order valence-electron chi connectivity index (χ3n) is 2.86. The van der Waals surface area contributed by atoms with Gasteiger partial charge in [0.1, 0.15) is 4.88 Å². The normalized spacial score (nSPS) is 15.6. The molecule has 1 aliphatic heterocycles. The number of likely N-dealkylation sites (tertiary alicyclic amines) is 1. The highest BCUT2D eigenvalue weighted by atomic mass is 35.5. The lowest BCUT2D eigenvalue weighted by Gasteiger charge is -2.29. The lowest BCUT2D eigenvalue weighted by atomic mass is 10.1. The van der Waals surface area contributed by atoms with E-state index in [1.54, 1.807) is 16.3 Å². The highest BCUT2D eigenvalue weighted by Gasteiger charge is 2.27. The summed E-state index contributed by atoms with van der Waals surface area (Å²) < 4.78 is 0. The van der Waals surface area contributed by atoms with E-state index in [2.05, 4.69) is 0 Å². The van der Waals surface area contributed by atoms with Crippen LogP contribution in [0.15, 0.2) is 11.4 Å². The van der Waals surface area contributed by atoms with Crippen molar-refractivity contribution in [3.63, 3.8) is 0 Å². The molecule has 18 heavy (non-hydrogen) atoms. The Morgan fingerprint density at radius 3 is 2.56 bits per heavy atom. The van der Waals surface area contributed by atoms with Crippen molar-refractivity contribution < 1.29 is 9.59 Å². The average molecular weight is 288 g/mol. The van der Waals surface area contributed by atoms with Crippen molar-refractivity contribution >= 4 is 34.9 Å². The number of urea groups is 1. The number of rotatable bonds is 1. The van der Waals surface area contributed by atoms with Crippen molar-refractivity contribution in [2.45, 2.75) is 19.3 Å².